The van der Waals surface area contributed by atoms with Crippen molar-refractivity contribution in [2.24, 2.45) is 0 Å². The number of aliphatic hydroxyl groups excluding tert-OH is 1. The van der Waals surface area contributed by atoms with Crippen molar-refractivity contribution in [3.8, 4) is 11.4 Å². The summed E-state index contributed by atoms with van der Waals surface area (Å²) in [6.45, 7) is 0.722. The van der Waals surface area contributed by atoms with Crippen LogP contribution in [0.3, 0.4) is 0 Å². The van der Waals surface area contributed by atoms with Gasteiger partial charge in [-0.15, -0.1) is 5.10 Å². The highest BCUT2D eigenvalue weighted by Crippen LogP contribution is 2.25. The van der Waals surface area contributed by atoms with Crippen LogP contribution in [-0.4, -0.2) is 31.7 Å². The molecule has 2 aromatic rings. The van der Waals surface area contributed by atoms with Gasteiger partial charge in [0.25, 0.3) is 0 Å². The SMILES string of the molecule is Nc1ccnc(-c2cn(CCCO)nn2)c1N. The van der Waals surface area contributed by atoms with Gasteiger partial charge in [-0.1, -0.05) is 5.21 Å². The Hall–Kier alpha value is -2.15. The summed E-state index contributed by atoms with van der Waals surface area (Å²) in [6.07, 6.45) is 3.93. The quantitative estimate of drug-likeness (QED) is 0.679. The number of aryl methyl sites for hydroxylation is 1. The first kappa shape index (κ1) is 11.3. The maximum absolute atomic E-state index is 8.72. The molecular weight excluding hydrogens is 220 g/mol. The Morgan fingerprint density at radius 2 is 2.18 bits per heavy atom. The normalized spacial score (nSPS) is 10.6. The van der Waals surface area contributed by atoms with Gasteiger partial charge in [0.2, 0.25) is 0 Å². The fourth-order valence-electron chi connectivity index (χ4n) is 1.44. The van der Waals surface area contributed by atoms with Crippen molar-refractivity contribution in [3.63, 3.8) is 0 Å². The lowest BCUT2D eigenvalue weighted by molar-refractivity contribution is 0.276. The predicted molar refractivity (Wildman–Crippen MR) is 63.8 cm³/mol. The summed E-state index contributed by atoms with van der Waals surface area (Å²) >= 11 is 0. The molecule has 90 valence electrons. The van der Waals surface area contributed by atoms with Gasteiger partial charge in [-0.3, -0.25) is 9.67 Å². The molecule has 0 saturated heterocycles. The molecule has 2 aromatic heterocycles. The smallest absolute Gasteiger partial charge is 0.133 e. The summed E-state index contributed by atoms with van der Waals surface area (Å²) < 4.78 is 1.63. The van der Waals surface area contributed by atoms with E-state index in [4.69, 9.17) is 16.6 Å². The number of nitrogens with zero attached hydrogens (tertiary/aromatic N) is 4. The van der Waals surface area contributed by atoms with Crippen LogP contribution in [0.2, 0.25) is 0 Å². The largest absolute Gasteiger partial charge is 0.397 e. The Kier molecular flexibility index (Phi) is 3.20. The van der Waals surface area contributed by atoms with Gasteiger partial charge in [0, 0.05) is 19.3 Å². The first-order valence-corrected chi connectivity index (χ1v) is 5.23. The minimum absolute atomic E-state index is 0.119. The van der Waals surface area contributed by atoms with Gasteiger partial charge in [0.1, 0.15) is 11.4 Å². The third kappa shape index (κ3) is 2.34. The monoisotopic (exact) mass is 234 g/mol. The van der Waals surface area contributed by atoms with Crippen molar-refractivity contribution in [2.75, 3.05) is 18.1 Å². The van der Waals surface area contributed by atoms with Gasteiger partial charge in [-0.25, -0.2) is 0 Å². The summed E-state index contributed by atoms with van der Waals surface area (Å²) in [5.74, 6) is 0. The molecule has 0 aliphatic carbocycles. The molecule has 5 N–H and O–H groups in total. The number of nitrogen functional groups attached to an aromatic ring is 2. The summed E-state index contributed by atoms with van der Waals surface area (Å²) in [5.41, 5.74) is 13.5. The number of hydrogen-bond donors (Lipinski definition) is 3. The first-order valence-electron chi connectivity index (χ1n) is 5.23. The highest BCUT2D eigenvalue weighted by atomic mass is 16.3. The molecule has 2 heterocycles. The van der Waals surface area contributed by atoms with Gasteiger partial charge < -0.3 is 16.6 Å². The molecule has 0 aliphatic heterocycles. The van der Waals surface area contributed by atoms with Crippen LogP contribution < -0.4 is 11.5 Å². The average molecular weight is 234 g/mol. The number of aromatic nitrogens is 4. The van der Waals surface area contributed by atoms with Crippen LogP contribution in [-0.2, 0) is 6.54 Å². The lowest BCUT2D eigenvalue weighted by atomic mass is 10.2. The minimum atomic E-state index is 0.119. The molecule has 0 amide bonds. The van der Waals surface area contributed by atoms with E-state index in [1.807, 2.05) is 0 Å². The zero-order chi connectivity index (χ0) is 12.3. The molecular formula is C10H14N6O. The summed E-state index contributed by atoms with van der Waals surface area (Å²) in [5, 5.41) is 16.6. The topological polar surface area (TPSA) is 116 Å². The Balaban J connectivity index is 2.27. The van der Waals surface area contributed by atoms with E-state index in [2.05, 4.69) is 15.3 Å². The zero-order valence-corrected chi connectivity index (χ0v) is 9.24. The van der Waals surface area contributed by atoms with Crippen LogP contribution in [0.15, 0.2) is 18.5 Å². The Morgan fingerprint density at radius 3 is 2.94 bits per heavy atom. The van der Waals surface area contributed by atoms with Crippen LogP contribution in [0, 0.1) is 0 Å². The summed E-state index contributed by atoms with van der Waals surface area (Å²) in [6, 6.07) is 1.63. The van der Waals surface area contributed by atoms with Gasteiger partial charge in [0.15, 0.2) is 0 Å². The average Bonchev–Trinajstić information content (AvgIpc) is 2.78. The standard InChI is InChI=1S/C10H14N6O/c11-7-2-3-13-10(9(7)12)8-6-16(15-14-8)4-1-5-17/h2-3,6,17H,1,4-5,12H2,(H2,11,13). The number of anilines is 2. The molecule has 0 unspecified atom stereocenters. The lowest BCUT2D eigenvalue weighted by Gasteiger charge is -2.03. The Bertz CT molecular complexity index is 509. The van der Waals surface area contributed by atoms with Crippen LogP contribution in [0.1, 0.15) is 6.42 Å². The molecule has 17 heavy (non-hydrogen) atoms. The van der Waals surface area contributed by atoms with E-state index in [1.165, 1.54) is 0 Å². The highest BCUT2D eigenvalue weighted by molar-refractivity contribution is 5.78. The molecule has 2 rings (SSSR count). The van der Waals surface area contributed by atoms with Crippen LogP contribution >= 0.6 is 0 Å². The van der Waals surface area contributed by atoms with E-state index in [1.54, 1.807) is 23.1 Å². The second-order valence-electron chi connectivity index (χ2n) is 3.61. The van der Waals surface area contributed by atoms with Crippen LogP contribution in [0.25, 0.3) is 11.4 Å². The fraction of sp³-hybridized carbons (Fsp3) is 0.300. The predicted octanol–water partition coefficient (Wildman–Crippen LogP) is -0.113. The molecule has 0 saturated carbocycles. The van der Waals surface area contributed by atoms with E-state index in [0.717, 1.165) is 0 Å². The number of rotatable bonds is 4. The number of hydrogen-bond acceptors (Lipinski definition) is 6. The molecule has 0 atom stereocenters. The zero-order valence-electron chi connectivity index (χ0n) is 9.24. The van der Waals surface area contributed by atoms with E-state index in [9.17, 15) is 0 Å². The van der Waals surface area contributed by atoms with E-state index in [-0.39, 0.29) is 6.61 Å². The molecule has 0 spiro atoms. The number of pyridine rings is 1. The second kappa shape index (κ2) is 4.79. The highest BCUT2D eigenvalue weighted by Gasteiger charge is 2.10. The van der Waals surface area contributed by atoms with E-state index < -0.39 is 0 Å². The van der Waals surface area contributed by atoms with Crippen LogP contribution in [0.5, 0.6) is 0 Å². The first-order chi connectivity index (χ1) is 8.22. The molecule has 0 aromatic carbocycles. The molecule has 7 nitrogen and oxygen atoms in total. The van der Waals surface area contributed by atoms with E-state index >= 15 is 0 Å². The van der Waals surface area contributed by atoms with Crippen molar-refractivity contribution in [1.29, 1.82) is 0 Å². The van der Waals surface area contributed by atoms with Gasteiger partial charge >= 0.3 is 0 Å². The third-order valence-corrected chi connectivity index (χ3v) is 2.35. The summed E-state index contributed by atoms with van der Waals surface area (Å²) in [7, 11) is 0. The maximum Gasteiger partial charge on any atom is 0.133 e. The molecule has 0 aliphatic rings. The van der Waals surface area contributed by atoms with Crippen molar-refractivity contribution in [2.45, 2.75) is 13.0 Å². The second-order valence-corrected chi connectivity index (χ2v) is 3.61. The van der Waals surface area contributed by atoms with E-state index in [0.29, 0.717) is 35.7 Å². The number of nitrogens with two attached hydrogens (primary N) is 2. The molecule has 0 radical (unpaired) electrons. The van der Waals surface area contributed by atoms with Gasteiger partial charge in [-0.2, -0.15) is 0 Å². The van der Waals surface area contributed by atoms with Gasteiger partial charge in [-0.05, 0) is 12.5 Å². The Labute approximate surface area is 98.1 Å². The number of aliphatic hydroxyl groups is 1. The fourth-order valence-corrected chi connectivity index (χ4v) is 1.44. The van der Waals surface area contributed by atoms with Gasteiger partial charge in [0.05, 0.1) is 17.6 Å². The molecule has 7 heteroatoms. The van der Waals surface area contributed by atoms with Crippen molar-refractivity contribution >= 4 is 11.4 Å². The lowest BCUT2D eigenvalue weighted by Crippen LogP contribution is -2.00. The molecule has 0 fully saturated rings. The van der Waals surface area contributed by atoms with Crippen molar-refractivity contribution in [3.05, 3.63) is 18.5 Å². The maximum atomic E-state index is 8.72. The van der Waals surface area contributed by atoms with Crippen LogP contribution in [0.4, 0.5) is 11.4 Å². The van der Waals surface area contributed by atoms with Crippen molar-refractivity contribution in [1.82, 2.24) is 20.0 Å². The minimum Gasteiger partial charge on any atom is -0.397 e. The Morgan fingerprint density at radius 1 is 1.35 bits per heavy atom. The molecule has 0 bridgehead atoms. The summed E-state index contributed by atoms with van der Waals surface area (Å²) in [4.78, 5) is 4.13. The third-order valence-electron chi connectivity index (χ3n) is 2.35. The van der Waals surface area contributed by atoms with Crippen molar-refractivity contribution < 1.29 is 5.11 Å².